The van der Waals surface area contributed by atoms with Gasteiger partial charge >= 0.3 is 6.18 Å². The Morgan fingerprint density at radius 2 is 2.00 bits per heavy atom. The predicted molar refractivity (Wildman–Crippen MR) is 106 cm³/mol. The molecule has 2 aromatic rings. The van der Waals surface area contributed by atoms with E-state index in [9.17, 15) is 13.2 Å². The fourth-order valence-corrected chi connectivity index (χ4v) is 3.22. The predicted octanol–water partition coefficient (Wildman–Crippen LogP) is 5.71. The standard InChI is InChI=1S/C21H17ClF3N3/c1-13-3-2-4-16(11-13)26-19-27-18-8-7-15(22)12-17(18)20(28-19,21(23,24)25)10-9-14-5-6-14/h2-4,7-8,11-12,14H,5-6H2,1H3,(H2,26,27,28). The first-order valence-electron chi connectivity index (χ1n) is 8.87. The molecule has 1 heterocycles. The summed E-state index contributed by atoms with van der Waals surface area (Å²) in [5.74, 6) is 5.19. The maximum absolute atomic E-state index is 14.3. The number of aryl methyl sites for hydroxylation is 1. The molecule has 1 fully saturated rings. The Morgan fingerprint density at radius 1 is 1.21 bits per heavy atom. The number of hydrogen-bond donors (Lipinski definition) is 2. The van der Waals surface area contributed by atoms with Crippen LogP contribution in [0.2, 0.25) is 5.02 Å². The summed E-state index contributed by atoms with van der Waals surface area (Å²) < 4.78 is 43.0. The highest BCUT2D eigenvalue weighted by Crippen LogP contribution is 2.48. The number of hydrogen-bond acceptors (Lipinski definition) is 3. The number of nitrogens with zero attached hydrogens (tertiary/aromatic N) is 1. The van der Waals surface area contributed by atoms with E-state index in [1.54, 1.807) is 12.1 Å². The van der Waals surface area contributed by atoms with E-state index >= 15 is 0 Å². The van der Waals surface area contributed by atoms with Gasteiger partial charge in [0.1, 0.15) is 0 Å². The number of anilines is 2. The van der Waals surface area contributed by atoms with Crippen LogP contribution in [0.5, 0.6) is 0 Å². The molecule has 1 saturated carbocycles. The number of alkyl halides is 3. The number of halogens is 4. The largest absolute Gasteiger partial charge is 0.429 e. The third kappa shape index (κ3) is 3.55. The van der Waals surface area contributed by atoms with Gasteiger partial charge in [-0.25, -0.2) is 4.99 Å². The van der Waals surface area contributed by atoms with Crippen LogP contribution >= 0.6 is 11.6 Å². The lowest BCUT2D eigenvalue weighted by Gasteiger charge is -2.34. The molecule has 1 unspecified atom stereocenters. The van der Waals surface area contributed by atoms with Crippen LogP contribution in [0.3, 0.4) is 0 Å². The molecule has 3 nitrogen and oxygen atoms in total. The quantitative estimate of drug-likeness (QED) is 0.598. The molecule has 0 radical (unpaired) electrons. The van der Waals surface area contributed by atoms with E-state index in [1.165, 1.54) is 12.1 Å². The van der Waals surface area contributed by atoms with Gasteiger partial charge in [-0.1, -0.05) is 35.6 Å². The molecule has 0 aromatic heterocycles. The number of rotatable bonds is 1. The number of guanidine groups is 1. The van der Waals surface area contributed by atoms with Crippen LogP contribution in [-0.2, 0) is 5.54 Å². The minimum Gasteiger partial charge on any atom is -0.326 e. The maximum atomic E-state index is 14.3. The molecule has 0 amide bonds. The average molecular weight is 404 g/mol. The zero-order valence-corrected chi connectivity index (χ0v) is 15.7. The van der Waals surface area contributed by atoms with E-state index in [4.69, 9.17) is 11.6 Å². The number of fused-ring (bicyclic) bond motifs is 1. The van der Waals surface area contributed by atoms with Crippen LogP contribution in [-0.4, -0.2) is 12.1 Å². The fraction of sp³-hybridized carbons (Fsp3) is 0.286. The van der Waals surface area contributed by atoms with Gasteiger partial charge < -0.3 is 10.6 Å². The summed E-state index contributed by atoms with van der Waals surface area (Å²) in [5, 5.41) is 6.08. The Bertz CT molecular complexity index is 1020. The molecule has 2 aliphatic rings. The van der Waals surface area contributed by atoms with Gasteiger partial charge in [-0.05, 0) is 55.7 Å². The minimum atomic E-state index is -4.71. The summed E-state index contributed by atoms with van der Waals surface area (Å²) >= 11 is 6.01. The second-order valence-corrected chi connectivity index (χ2v) is 7.46. The summed E-state index contributed by atoms with van der Waals surface area (Å²) in [5.41, 5.74) is -0.876. The molecule has 1 atom stereocenters. The van der Waals surface area contributed by atoms with Gasteiger partial charge in [0.05, 0.1) is 0 Å². The third-order valence-corrected chi connectivity index (χ3v) is 4.86. The van der Waals surface area contributed by atoms with E-state index in [1.807, 2.05) is 25.1 Å². The molecule has 144 valence electrons. The lowest BCUT2D eigenvalue weighted by molar-refractivity contribution is -0.170. The molecule has 1 aliphatic carbocycles. The van der Waals surface area contributed by atoms with Crippen LogP contribution in [0.15, 0.2) is 47.5 Å². The smallest absolute Gasteiger partial charge is 0.326 e. The van der Waals surface area contributed by atoms with Crippen molar-refractivity contribution in [2.75, 3.05) is 10.6 Å². The van der Waals surface area contributed by atoms with Crippen molar-refractivity contribution >= 4 is 28.9 Å². The minimum absolute atomic E-state index is 0.000118. The van der Waals surface area contributed by atoms with Gasteiger partial charge in [-0.3, -0.25) is 0 Å². The molecule has 2 N–H and O–H groups in total. The molecule has 0 spiro atoms. The molecule has 1 aliphatic heterocycles. The molecular weight excluding hydrogens is 387 g/mol. The summed E-state index contributed by atoms with van der Waals surface area (Å²) in [6.45, 7) is 1.90. The van der Waals surface area contributed by atoms with Crippen molar-refractivity contribution in [3.8, 4) is 11.8 Å². The SMILES string of the molecule is Cc1cccc(NC2=NC(C#CC3CC3)(C(F)(F)F)c3cc(Cl)ccc3N2)c1. The van der Waals surface area contributed by atoms with Crippen molar-refractivity contribution < 1.29 is 13.2 Å². The van der Waals surface area contributed by atoms with Gasteiger partial charge in [0, 0.05) is 27.9 Å². The first-order valence-corrected chi connectivity index (χ1v) is 9.25. The van der Waals surface area contributed by atoms with Crippen molar-refractivity contribution in [2.45, 2.75) is 31.5 Å². The first kappa shape index (κ1) is 18.7. The Kier molecular flexibility index (Phi) is 4.51. The zero-order chi connectivity index (χ0) is 19.9. The molecular formula is C21H17ClF3N3. The van der Waals surface area contributed by atoms with E-state index < -0.39 is 11.7 Å². The lowest BCUT2D eigenvalue weighted by atomic mass is 9.87. The number of benzene rings is 2. The molecule has 28 heavy (non-hydrogen) atoms. The van der Waals surface area contributed by atoms with Crippen molar-refractivity contribution in [1.82, 2.24) is 0 Å². The van der Waals surface area contributed by atoms with E-state index in [0.29, 0.717) is 5.69 Å². The molecule has 2 aromatic carbocycles. The van der Waals surface area contributed by atoms with Gasteiger partial charge in [0.2, 0.25) is 11.5 Å². The third-order valence-electron chi connectivity index (χ3n) is 4.63. The van der Waals surface area contributed by atoms with Gasteiger partial charge in [-0.15, -0.1) is 0 Å². The summed E-state index contributed by atoms with van der Waals surface area (Å²) in [7, 11) is 0. The number of nitrogens with one attached hydrogen (secondary N) is 2. The summed E-state index contributed by atoms with van der Waals surface area (Å²) in [6.07, 6.45) is -3.07. The van der Waals surface area contributed by atoms with Crippen molar-refractivity contribution in [2.24, 2.45) is 10.9 Å². The Morgan fingerprint density at radius 3 is 2.68 bits per heavy atom. The molecule has 0 bridgehead atoms. The van der Waals surface area contributed by atoms with Gasteiger partial charge in [0.25, 0.3) is 0 Å². The Labute approximate surface area is 166 Å². The van der Waals surface area contributed by atoms with E-state index in [-0.39, 0.29) is 28.2 Å². The topological polar surface area (TPSA) is 36.4 Å². The fourth-order valence-electron chi connectivity index (χ4n) is 3.04. The van der Waals surface area contributed by atoms with Crippen LogP contribution in [0, 0.1) is 24.7 Å². The van der Waals surface area contributed by atoms with E-state index in [2.05, 4.69) is 27.5 Å². The average Bonchev–Trinajstić information content (AvgIpc) is 3.43. The maximum Gasteiger partial charge on any atom is 0.429 e. The summed E-state index contributed by atoms with van der Waals surface area (Å²) in [6, 6.07) is 11.7. The van der Waals surface area contributed by atoms with Crippen LogP contribution in [0.25, 0.3) is 0 Å². The molecule has 4 rings (SSSR count). The highest BCUT2D eigenvalue weighted by atomic mass is 35.5. The monoisotopic (exact) mass is 403 g/mol. The van der Waals surface area contributed by atoms with Crippen molar-refractivity contribution in [1.29, 1.82) is 0 Å². The van der Waals surface area contributed by atoms with Crippen molar-refractivity contribution in [3.05, 3.63) is 58.6 Å². The summed E-state index contributed by atoms with van der Waals surface area (Å²) in [4.78, 5) is 4.03. The molecule has 7 heteroatoms. The van der Waals surface area contributed by atoms with Crippen LogP contribution < -0.4 is 10.6 Å². The normalized spacial score (nSPS) is 21.0. The Hall–Kier alpha value is -2.65. The van der Waals surface area contributed by atoms with Gasteiger partial charge in [-0.2, -0.15) is 13.2 Å². The van der Waals surface area contributed by atoms with Crippen LogP contribution in [0.1, 0.15) is 24.0 Å². The van der Waals surface area contributed by atoms with E-state index in [0.717, 1.165) is 18.4 Å². The Balaban J connectivity index is 1.85. The zero-order valence-electron chi connectivity index (χ0n) is 15.0. The highest BCUT2D eigenvalue weighted by Gasteiger charge is 2.58. The first-order chi connectivity index (χ1) is 13.3. The van der Waals surface area contributed by atoms with Crippen molar-refractivity contribution in [3.63, 3.8) is 0 Å². The van der Waals surface area contributed by atoms with Crippen LogP contribution in [0.4, 0.5) is 24.5 Å². The van der Waals surface area contributed by atoms with Gasteiger partial charge in [0.15, 0.2) is 0 Å². The molecule has 0 saturated heterocycles. The highest BCUT2D eigenvalue weighted by molar-refractivity contribution is 6.30. The number of aliphatic imine (C=N–C) groups is 1. The second kappa shape index (κ2) is 6.75. The second-order valence-electron chi connectivity index (χ2n) is 7.02. The lowest BCUT2D eigenvalue weighted by Crippen LogP contribution is -2.45.